The number of aliphatic hydroxyl groups excluding tert-OH is 1. The number of nitrogens with zero attached hydrogens (tertiary/aromatic N) is 1. The summed E-state index contributed by atoms with van der Waals surface area (Å²) in [6, 6.07) is 16.1. The fraction of sp³-hybridized carbons (Fsp3) is 0.0769. The molecule has 0 saturated carbocycles. The van der Waals surface area contributed by atoms with Crippen LogP contribution in [0, 0.1) is 11.6 Å². The Morgan fingerprint density at radius 1 is 0.971 bits per heavy atom. The van der Waals surface area contributed by atoms with E-state index in [2.05, 4.69) is 0 Å². The topological polar surface area (TPSA) is 70.8 Å². The van der Waals surface area contributed by atoms with Crippen LogP contribution < -0.4 is 0 Å². The molecule has 1 atom stereocenters. The number of halogens is 3. The number of hydrogen-bond donors (Lipinski definition) is 1. The van der Waals surface area contributed by atoms with E-state index in [1.807, 2.05) is 0 Å². The number of carbonyl (C=O) groups excluding carboxylic acids is 2. The summed E-state index contributed by atoms with van der Waals surface area (Å²) in [5.74, 6) is -3.20. The van der Waals surface area contributed by atoms with Crippen molar-refractivity contribution in [1.29, 1.82) is 0 Å². The van der Waals surface area contributed by atoms with Crippen molar-refractivity contribution in [2.24, 2.45) is 0 Å². The zero-order valence-electron chi connectivity index (χ0n) is 17.5. The Hall–Kier alpha value is -3.97. The van der Waals surface area contributed by atoms with E-state index in [0.29, 0.717) is 27.1 Å². The highest BCUT2D eigenvalue weighted by Crippen LogP contribution is 2.40. The van der Waals surface area contributed by atoms with E-state index in [1.54, 1.807) is 18.2 Å². The van der Waals surface area contributed by atoms with Crippen LogP contribution in [-0.2, 0) is 11.3 Å². The summed E-state index contributed by atoms with van der Waals surface area (Å²) in [5.41, 5.74) is 1.23. The van der Waals surface area contributed by atoms with Crippen molar-refractivity contribution in [2.45, 2.75) is 12.6 Å². The zero-order valence-corrected chi connectivity index (χ0v) is 18.2. The lowest BCUT2D eigenvalue weighted by Gasteiger charge is -2.26. The molecule has 0 saturated heterocycles. The monoisotopic (exact) mass is 479 g/mol. The van der Waals surface area contributed by atoms with Gasteiger partial charge in [-0.25, -0.2) is 8.78 Å². The number of hydrogen-bond acceptors (Lipinski definition) is 4. The fourth-order valence-corrected chi connectivity index (χ4v) is 4.27. The van der Waals surface area contributed by atoms with Gasteiger partial charge >= 0.3 is 0 Å². The molecule has 1 unspecified atom stereocenters. The number of carbonyl (C=O) groups is 2. The molecule has 0 aliphatic carbocycles. The molecule has 1 aliphatic heterocycles. The van der Waals surface area contributed by atoms with E-state index in [4.69, 9.17) is 16.0 Å². The van der Waals surface area contributed by atoms with Gasteiger partial charge in [0.15, 0.2) is 11.5 Å². The predicted octanol–water partition coefficient (Wildman–Crippen LogP) is 6.14. The summed E-state index contributed by atoms with van der Waals surface area (Å²) in [6.07, 6.45) is 0. The molecule has 8 heteroatoms. The van der Waals surface area contributed by atoms with E-state index in [9.17, 15) is 23.5 Å². The highest BCUT2D eigenvalue weighted by molar-refractivity contribution is 6.31. The Bertz CT molecular complexity index is 1460. The third-order valence-electron chi connectivity index (χ3n) is 5.70. The van der Waals surface area contributed by atoms with Gasteiger partial charge in [-0.05, 0) is 59.7 Å². The van der Waals surface area contributed by atoms with Crippen LogP contribution in [0.4, 0.5) is 8.78 Å². The quantitative estimate of drug-likeness (QED) is 0.349. The van der Waals surface area contributed by atoms with Crippen LogP contribution in [-0.4, -0.2) is 21.7 Å². The predicted molar refractivity (Wildman–Crippen MR) is 121 cm³/mol. The van der Waals surface area contributed by atoms with Gasteiger partial charge in [-0.1, -0.05) is 35.9 Å². The Balaban J connectivity index is 1.59. The van der Waals surface area contributed by atoms with Crippen LogP contribution in [0.2, 0.25) is 5.02 Å². The van der Waals surface area contributed by atoms with Crippen molar-refractivity contribution in [3.63, 3.8) is 0 Å². The molecule has 5 rings (SSSR count). The first kappa shape index (κ1) is 21.9. The lowest BCUT2D eigenvalue weighted by atomic mass is 9.94. The lowest BCUT2D eigenvalue weighted by molar-refractivity contribution is -0.130. The molecule has 1 N–H and O–H groups in total. The molecule has 0 fully saturated rings. The standard InChI is InChI=1S/C26H16ClF2NO4/c27-17-5-10-20-16(11-17)12-21(34-20)24(31)22-23(15-3-8-19(29)9-4-15)30(26(33)25(22)32)13-14-1-6-18(28)7-2-14/h1-12,23,32H,13H2. The van der Waals surface area contributed by atoms with Crippen molar-refractivity contribution < 1.29 is 27.9 Å². The highest BCUT2D eigenvalue weighted by Gasteiger charge is 2.44. The number of ketones is 1. The van der Waals surface area contributed by atoms with Gasteiger partial charge in [0.05, 0.1) is 11.6 Å². The number of benzene rings is 3. The van der Waals surface area contributed by atoms with Crippen molar-refractivity contribution in [2.75, 3.05) is 0 Å². The van der Waals surface area contributed by atoms with Gasteiger partial charge in [-0.2, -0.15) is 0 Å². The molecule has 0 radical (unpaired) electrons. The Labute approximate surface area is 197 Å². The summed E-state index contributed by atoms with van der Waals surface area (Å²) >= 11 is 6.02. The van der Waals surface area contributed by atoms with E-state index < -0.39 is 35.1 Å². The summed E-state index contributed by atoms with van der Waals surface area (Å²) in [4.78, 5) is 27.8. The molecule has 34 heavy (non-hydrogen) atoms. The molecule has 5 nitrogen and oxygen atoms in total. The first-order valence-electron chi connectivity index (χ1n) is 10.3. The third kappa shape index (κ3) is 3.84. The number of amides is 1. The molecule has 3 aromatic carbocycles. The highest BCUT2D eigenvalue weighted by atomic mass is 35.5. The number of Topliss-reactive ketones (excluding diaryl/α,β-unsaturated/α-hetero) is 1. The third-order valence-corrected chi connectivity index (χ3v) is 5.94. The van der Waals surface area contributed by atoms with Gasteiger partial charge in [-0.15, -0.1) is 0 Å². The first-order valence-corrected chi connectivity index (χ1v) is 10.7. The van der Waals surface area contributed by atoms with Crippen LogP contribution in [0.25, 0.3) is 11.0 Å². The fourth-order valence-electron chi connectivity index (χ4n) is 4.09. The van der Waals surface area contributed by atoms with E-state index in [-0.39, 0.29) is 17.9 Å². The Kier molecular flexibility index (Phi) is 5.42. The van der Waals surface area contributed by atoms with E-state index in [0.717, 1.165) is 0 Å². The first-order chi connectivity index (χ1) is 16.3. The van der Waals surface area contributed by atoms with Crippen LogP contribution in [0.1, 0.15) is 27.7 Å². The van der Waals surface area contributed by atoms with Gasteiger partial charge < -0.3 is 14.4 Å². The van der Waals surface area contributed by atoms with Gasteiger partial charge in [0.25, 0.3) is 5.91 Å². The zero-order chi connectivity index (χ0) is 24.0. The second-order valence-corrected chi connectivity index (χ2v) is 8.33. The minimum absolute atomic E-state index is 0.0161. The minimum Gasteiger partial charge on any atom is -0.503 e. The Morgan fingerprint density at radius 2 is 1.62 bits per heavy atom. The summed E-state index contributed by atoms with van der Waals surface area (Å²) < 4.78 is 32.6. The average molecular weight is 480 g/mol. The maximum absolute atomic E-state index is 13.6. The molecule has 2 heterocycles. The largest absolute Gasteiger partial charge is 0.503 e. The second-order valence-electron chi connectivity index (χ2n) is 7.90. The van der Waals surface area contributed by atoms with Gasteiger partial charge in [-0.3, -0.25) is 9.59 Å². The number of rotatable bonds is 5. The molecule has 0 spiro atoms. The molecule has 170 valence electrons. The van der Waals surface area contributed by atoms with Gasteiger partial charge in [0.2, 0.25) is 5.78 Å². The molecule has 4 aromatic rings. The molecule has 1 aliphatic rings. The molecule has 0 bridgehead atoms. The maximum Gasteiger partial charge on any atom is 0.290 e. The summed E-state index contributed by atoms with van der Waals surface area (Å²) in [6.45, 7) is -0.0161. The smallest absolute Gasteiger partial charge is 0.290 e. The number of furan rings is 1. The normalized spacial score (nSPS) is 16.0. The number of aliphatic hydroxyl groups is 1. The summed E-state index contributed by atoms with van der Waals surface area (Å²) in [7, 11) is 0. The van der Waals surface area contributed by atoms with E-state index in [1.165, 1.54) is 59.5 Å². The number of fused-ring (bicyclic) bond motifs is 1. The van der Waals surface area contributed by atoms with E-state index >= 15 is 0 Å². The molecule has 1 amide bonds. The molecule has 1 aromatic heterocycles. The molecular formula is C26H16ClF2NO4. The van der Waals surface area contributed by atoms with Crippen LogP contribution in [0.15, 0.2) is 88.5 Å². The van der Waals surface area contributed by atoms with Crippen LogP contribution >= 0.6 is 11.6 Å². The van der Waals surface area contributed by atoms with Gasteiger partial charge in [0.1, 0.15) is 17.2 Å². The molecular weight excluding hydrogens is 464 g/mol. The average Bonchev–Trinajstić information content (AvgIpc) is 3.35. The SMILES string of the molecule is O=C(C1=C(O)C(=O)N(Cc2ccc(F)cc2)C1c1ccc(F)cc1)c1cc2cc(Cl)ccc2o1. The second kappa shape index (κ2) is 8.43. The van der Waals surface area contributed by atoms with Gasteiger partial charge in [0, 0.05) is 17.0 Å². The van der Waals surface area contributed by atoms with Crippen molar-refractivity contribution in [3.8, 4) is 0 Å². The Morgan fingerprint density at radius 3 is 2.29 bits per heavy atom. The maximum atomic E-state index is 13.6. The summed E-state index contributed by atoms with van der Waals surface area (Å²) in [5, 5.41) is 11.8. The van der Waals surface area contributed by atoms with Crippen LogP contribution in [0.3, 0.4) is 0 Å². The minimum atomic E-state index is -1.01. The van der Waals surface area contributed by atoms with Crippen molar-refractivity contribution in [1.82, 2.24) is 4.90 Å². The lowest BCUT2D eigenvalue weighted by Crippen LogP contribution is -2.30. The van der Waals surface area contributed by atoms with Crippen molar-refractivity contribution >= 4 is 34.3 Å². The van der Waals surface area contributed by atoms with Crippen molar-refractivity contribution in [3.05, 3.63) is 118 Å². The van der Waals surface area contributed by atoms with Crippen LogP contribution in [0.5, 0.6) is 0 Å².